The van der Waals surface area contributed by atoms with Crippen LogP contribution < -0.4 is 4.90 Å². The molecule has 3 aromatic rings. The molecule has 3 heterocycles. The Balaban J connectivity index is 1.72. The molecule has 1 aliphatic rings. The van der Waals surface area contributed by atoms with E-state index in [0.29, 0.717) is 25.9 Å². The Morgan fingerprint density at radius 1 is 1.28 bits per heavy atom. The molecule has 1 saturated heterocycles. The van der Waals surface area contributed by atoms with Gasteiger partial charge in [-0.15, -0.1) is 11.3 Å². The maximum Gasteiger partial charge on any atom is 0.270 e. The Labute approximate surface area is 162 Å². The van der Waals surface area contributed by atoms with Crippen LogP contribution in [0.3, 0.4) is 0 Å². The molecular formula is C17H14Cl2N2O2S2. The lowest BCUT2D eigenvalue weighted by atomic mass is 10.2. The van der Waals surface area contributed by atoms with E-state index in [1.54, 1.807) is 23.1 Å². The second-order valence-electron chi connectivity index (χ2n) is 5.74. The topological polar surface area (TPSA) is 42.4 Å². The van der Waals surface area contributed by atoms with Crippen LogP contribution in [0.15, 0.2) is 30.3 Å². The standard InChI is InChI=1S/C17H14Cl2N2O2S2/c18-11-4-1-5-12-15(11)20-17(25-12)21(9-10-3-2-8-23-10)16(22)13-6-7-14(19)24-13/h1,4-7,10H,2-3,8-9H2. The first kappa shape index (κ1) is 17.2. The third-order valence-corrected chi connectivity index (χ3v) is 6.60. The number of hydrogen-bond donors (Lipinski definition) is 0. The molecule has 130 valence electrons. The molecule has 1 aromatic carbocycles. The second-order valence-corrected chi connectivity index (χ2v) is 8.87. The Morgan fingerprint density at radius 3 is 2.84 bits per heavy atom. The molecule has 1 unspecified atom stereocenters. The fourth-order valence-corrected chi connectivity index (χ4v) is 5.09. The average molecular weight is 413 g/mol. The number of rotatable bonds is 4. The van der Waals surface area contributed by atoms with Gasteiger partial charge in [-0.05, 0) is 37.1 Å². The van der Waals surface area contributed by atoms with E-state index >= 15 is 0 Å². The van der Waals surface area contributed by atoms with Crippen molar-refractivity contribution in [1.82, 2.24) is 4.98 Å². The van der Waals surface area contributed by atoms with Gasteiger partial charge in [0.05, 0.1) is 31.6 Å². The first-order valence-corrected chi connectivity index (χ1v) is 10.2. The highest BCUT2D eigenvalue weighted by Crippen LogP contribution is 2.35. The van der Waals surface area contributed by atoms with Gasteiger partial charge in [-0.1, -0.05) is 40.6 Å². The largest absolute Gasteiger partial charge is 0.376 e. The van der Waals surface area contributed by atoms with Crippen molar-refractivity contribution in [2.45, 2.75) is 18.9 Å². The summed E-state index contributed by atoms with van der Waals surface area (Å²) < 4.78 is 7.27. The van der Waals surface area contributed by atoms with Crippen molar-refractivity contribution in [3.05, 3.63) is 44.6 Å². The van der Waals surface area contributed by atoms with Crippen LogP contribution in [-0.2, 0) is 4.74 Å². The highest BCUT2D eigenvalue weighted by Gasteiger charge is 2.28. The van der Waals surface area contributed by atoms with Gasteiger partial charge in [0.2, 0.25) is 0 Å². The average Bonchev–Trinajstić information content (AvgIpc) is 3.32. The fourth-order valence-electron chi connectivity index (χ4n) is 2.82. The number of halogens is 2. The number of hydrogen-bond acceptors (Lipinski definition) is 5. The van der Waals surface area contributed by atoms with Gasteiger partial charge in [-0.2, -0.15) is 0 Å². The van der Waals surface area contributed by atoms with E-state index in [-0.39, 0.29) is 12.0 Å². The van der Waals surface area contributed by atoms with Crippen molar-refractivity contribution >= 4 is 67.1 Å². The molecule has 25 heavy (non-hydrogen) atoms. The number of anilines is 1. The van der Waals surface area contributed by atoms with Crippen LogP contribution in [0.2, 0.25) is 9.36 Å². The van der Waals surface area contributed by atoms with Crippen LogP contribution in [0.1, 0.15) is 22.5 Å². The molecule has 1 aliphatic heterocycles. The van der Waals surface area contributed by atoms with E-state index < -0.39 is 0 Å². The van der Waals surface area contributed by atoms with Crippen LogP contribution >= 0.6 is 45.9 Å². The number of benzene rings is 1. The van der Waals surface area contributed by atoms with Crippen molar-refractivity contribution < 1.29 is 9.53 Å². The molecule has 0 aliphatic carbocycles. The summed E-state index contributed by atoms with van der Waals surface area (Å²) in [6.07, 6.45) is 1.99. The summed E-state index contributed by atoms with van der Waals surface area (Å²) in [5, 5.41) is 1.22. The molecule has 0 N–H and O–H groups in total. The van der Waals surface area contributed by atoms with Crippen molar-refractivity contribution in [3.8, 4) is 0 Å². The SMILES string of the molecule is O=C(c1ccc(Cl)s1)N(CC1CCCO1)c1nc2c(Cl)cccc2s1. The normalized spacial score (nSPS) is 17.3. The smallest absolute Gasteiger partial charge is 0.270 e. The number of amides is 1. The molecule has 1 atom stereocenters. The number of thiazole rings is 1. The highest BCUT2D eigenvalue weighted by molar-refractivity contribution is 7.22. The summed E-state index contributed by atoms with van der Waals surface area (Å²) in [5.41, 5.74) is 0.721. The second kappa shape index (κ2) is 7.21. The quantitative estimate of drug-likeness (QED) is 0.568. The molecule has 0 spiro atoms. The van der Waals surface area contributed by atoms with Gasteiger partial charge in [-0.25, -0.2) is 4.98 Å². The zero-order valence-electron chi connectivity index (χ0n) is 13.1. The molecule has 1 amide bonds. The summed E-state index contributed by atoms with van der Waals surface area (Å²) in [7, 11) is 0. The van der Waals surface area contributed by atoms with Gasteiger partial charge < -0.3 is 4.74 Å². The van der Waals surface area contributed by atoms with Gasteiger partial charge in [-0.3, -0.25) is 9.69 Å². The Bertz CT molecular complexity index is 918. The minimum atomic E-state index is -0.109. The molecule has 0 saturated carbocycles. The highest BCUT2D eigenvalue weighted by atomic mass is 35.5. The first-order valence-electron chi connectivity index (χ1n) is 7.85. The zero-order valence-corrected chi connectivity index (χ0v) is 16.2. The monoisotopic (exact) mass is 412 g/mol. The Hall–Kier alpha value is -1.18. The van der Waals surface area contributed by atoms with Crippen LogP contribution in [0.5, 0.6) is 0 Å². The maximum absolute atomic E-state index is 13.1. The molecular weight excluding hydrogens is 399 g/mol. The predicted octanol–water partition coefficient (Wildman–Crippen LogP) is 5.49. The van der Waals surface area contributed by atoms with Crippen LogP contribution in [-0.4, -0.2) is 30.1 Å². The van der Waals surface area contributed by atoms with Gasteiger partial charge in [0.15, 0.2) is 5.13 Å². The first-order chi connectivity index (χ1) is 12.1. The van der Waals surface area contributed by atoms with Crippen molar-refractivity contribution in [1.29, 1.82) is 0 Å². The van der Waals surface area contributed by atoms with Crippen molar-refractivity contribution in [2.75, 3.05) is 18.1 Å². The third kappa shape index (κ3) is 3.55. The lowest BCUT2D eigenvalue weighted by Crippen LogP contribution is -2.37. The van der Waals surface area contributed by atoms with Crippen LogP contribution in [0.25, 0.3) is 10.2 Å². The number of thiophene rings is 1. The number of ether oxygens (including phenoxy) is 1. The third-order valence-electron chi connectivity index (χ3n) is 4.03. The lowest BCUT2D eigenvalue weighted by molar-refractivity contribution is 0.0920. The molecule has 8 heteroatoms. The van der Waals surface area contributed by atoms with Gasteiger partial charge in [0, 0.05) is 6.61 Å². The number of carbonyl (C=O) groups excluding carboxylic acids is 1. The van der Waals surface area contributed by atoms with Crippen LogP contribution in [0.4, 0.5) is 5.13 Å². The number of carbonyl (C=O) groups is 1. The molecule has 2 aromatic heterocycles. The van der Waals surface area contributed by atoms with Crippen LogP contribution in [0, 0.1) is 0 Å². The predicted molar refractivity (Wildman–Crippen MR) is 105 cm³/mol. The van der Waals surface area contributed by atoms with E-state index in [0.717, 1.165) is 29.7 Å². The summed E-state index contributed by atoms with van der Waals surface area (Å²) in [6, 6.07) is 9.13. The van der Waals surface area contributed by atoms with E-state index in [1.807, 2.05) is 12.1 Å². The van der Waals surface area contributed by atoms with Crippen molar-refractivity contribution in [3.63, 3.8) is 0 Å². The van der Waals surface area contributed by atoms with E-state index in [9.17, 15) is 4.79 Å². The fraction of sp³-hybridized carbons (Fsp3) is 0.294. The number of nitrogens with zero attached hydrogens (tertiary/aromatic N) is 2. The van der Waals surface area contributed by atoms with E-state index in [1.165, 1.54) is 22.7 Å². The zero-order chi connectivity index (χ0) is 17.4. The van der Waals surface area contributed by atoms with E-state index in [2.05, 4.69) is 4.98 Å². The number of fused-ring (bicyclic) bond motifs is 1. The number of para-hydroxylation sites is 1. The summed E-state index contributed by atoms with van der Waals surface area (Å²) in [4.78, 5) is 20.0. The van der Waals surface area contributed by atoms with Gasteiger partial charge >= 0.3 is 0 Å². The van der Waals surface area contributed by atoms with Gasteiger partial charge in [0.1, 0.15) is 5.52 Å². The molecule has 0 bridgehead atoms. The van der Waals surface area contributed by atoms with Crippen molar-refractivity contribution in [2.24, 2.45) is 0 Å². The van der Waals surface area contributed by atoms with Gasteiger partial charge in [0.25, 0.3) is 5.91 Å². The minimum absolute atomic E-state index is 0.0295. The maximum atomic E-state index is 13.1. The summed E-state index contributed by atoms with van der Waals surface area (Å²) in [5.74, 6) is -0.109. The molecule has 4 nitrogen and oxygen atoms in total. The van der Waals surface area contributed by atoms with E-state index in [4.69, 9.17) is 27.9 Å². The molecule has 4 rings (SSSR count). The number of aromatic nitrogens is 1. The summed E-state index contributed by atoms with van der Waals surface area (Å²) in [6.45, 7) is 1.22. The lowest BCUT2D eigenvalue weighted by Gasteiger charge is -2.22. The molecule has 1 fully saturated rings. The molecule has 0 radical (unpaired) electrons. The Morgan fingerprint density at radius 2 is 2.16 bits per heavy atom. The summed E-state index contributed by atoms with van der Waals surface area (Å²) >= 11 is 15.0. The minimum Gasteiger partial charge on any atom is -0.376 e. The Kier molecular flexibility index (Phi) is 4.97.